The van der Waals surface area contributed by atoms with Gasteiger partial charge in [0, 0.05) is 44.7 Å². The number of rotatable bonds is 4. The summed E-state index contributed by atoms with van der Waals surface area (Å²) in [6.07, 6.45) is 6.06. The van der Waals surface area contributed by atoms with Crippen LogP contribution in [-0.4, -0.2) is 58.0 Å². The number of carbonyl (C=O) groups excluding carboxylic acids is 1. The van der Waals surface area contributed by atoms with E-state index in [0.717, 1.165) is 42.9 Å². The van der Waals surface area contributed by atoms with Crippen LogP contribution in [0.5, 0.6) is 0 Å². The summed E-state index contributed by atoms with van der Waals surface area (Å²) in [5.41, 5.74) is 3.77. The number of fused-ring (bicyclic) bond motifs is 1. The fourth-order valence-corrected chi connectivity index (χ4v) is 4.42. The molecule has 1 saturated heterocycles. The minimum Gasteiger partial charge on any atom is -0.336 e. The SMILES string of the molecule is C#CCCN1CCN(C(=O)c2ccc3c(=O)n(-c4cccc(C)c4C)c(=S)[nH]c3c2)CC1. The summed E-state index contributed by atoms with van der Waals surface area (Å²) in [6.45, 7) is 7.78. The molecule has 32 heavy (non-hydrogen) atoms. The third-order valence-electron chi connectivity index (χ3n) is 6.19. The molecule has 0 saturated carbocycles. The van der Waals surface area contributed by atoms with Crippen LogP contribution in [0.4, 0.5) is 0 Å². The van der Waals surface area contributed by atoms with Gasteiger partial charge in [0.05, 0.1) is 16.6 Å². The molecule has 1 aromatic heterocycles. The van der Waals surface area contributed by atoms with E-state index >= 15 is 0 Å². The van der Waals surface area contributed by atoms with E-state index in [4.69, 9.17) is 18.6 Å². The number of amides is 1. The van der Waals surface area contributed by atoms with Crippen molar-refractivity contribution in [1.29, 1.82) is 0 Å². The van der Waals surface area contributed by atoms with Crippen LogP contribution in [0.2, 0.25) is 0 Å². The number of nitrogens with zero attached hydrogens (tertiary/aromatic N) is 3. The molecule has 1 amide bonds. The van der Waals surface area contributed by atoms with E-state index in [1.807, 2.05) is 36.9 Å². The predicted octanol–water partition coefficient (Wildman–Crippen LogP) is 3.45. The summed E-state index contributed by atoms with van der Waals surface area (Å²) in [7, 11) is 0. The third-order valence-corrected chi connectivity index (χ3v) is 6.48. The Balaban J connectivity index is 1.64. The van der Waals surface area contributed by atoms with Crippen molar-refractivity contribution in [3.05, 3.63) is 68.2 Å². The average molecular weight is 447 g/mol. The molecule has 3 aromatic rings. The van der Waals surface area contributed by atoms with Crippen molar-refractivity contribution in [2.24, 2.45) is 0 Å². The van der Waals surface area contributed by atoms with Crippen molar-refractivity contribution in [2.75, 3.05) is 32.7 Å². The van der Waals surface area contributed by atoms with Gasteiger partial charge in [0.15, 0.2) is 4.77 Å². The first kappa shape index (κ1) is 22.0. The zero-order valence-electron chi connectivity index (χ0n) is 18.4. The van der Waals surface area contributed by atoms with Crippen LogP contribution < -0.4 is 5.56 Å². The Morgan fingerprint density at radius 3 is 2.62 bits per heavy atom. The second-order valence-electron chi connectivity index (χ2n) is 8.14. The summed E-state index contributed by atoms with van der Waals surface area (Å²) < 4.78 is 1.83. The Hall–Kier alpha value is -3.21. The second kappa shape index (κ2) is 9.11. The van der Waals surface area contributed by atoms with Gasteiger partial charge in [-0.3, -0.25) is 19.1 Å². The van der Waals surface area contributed by atoms with Gasteiger partial charge in [-0.1, -0.05) is 12.1 Å². The monoisotopic (exact) mass is 446 g/mol. The van der Waals surface area contributed by atoms with E-state index in [1.54, 1.807) is 18.2 Å². The molecule has 1 aliphatic rings. The lowest BCUT2D eigenvalue weighted by Gasteiger charge is -2.34. The molecule has 7 heteroatoms. The second-order valence-corrected chi connectivity index (χ2v) is 8.52. The minimum absolute atomic E-state index is 0.0403. The van der Waals surface area contributed by atoms with Crippen LogP contribution in [0.25, 0.3) is 16.6 Å². The Labute approximate surface area is 192 Å². The standard InChI is InChI=1S/C25H26N4O2S/c1-4-5-11-27-12-14-28(15-13-27)23(30)19-9-10-20-21(16-19)26-25(32)29(24(20)31)22-8-6-7-17(2)18(22)3/h1,6-10,16H,5,11-15H2,2-3H3,(H,26,32). The van der Waals surface area contributed by atoms with E-state index in [2.05, 4.69) is 15.8 Å². The van der Waals surface area contributed by atoms with Crippen LogP contribution in [-0.2, 0) is 0 Å². The number of hydrogen-bond donors (Lipinski definition) is 1. The fraction of sp³-hybridized carbons (Fsp3) is 0.320. The van der Waals surface area contributed by atoms with Crippen LogP contribution in [0.15, 0.2) is 41.2 Å². The Morgan fingerprint density at radius 1 is 1.16 bits per heavy atom. The lowest BCUT2D eigenvalue weighted by Crippen LogP contribution is -2.48. The summed E-state index contributed by atoms with van der Waals surface area (Å²) in [5.74, 6) is 2.62. The van der Waals surface area contributed by atoms with Crippen molar-refractivity contribution in [3.63, 3.8) is 0 Å². The number of terminal acetylenes is 1. The third kappa shape index (κ3) is 4.12. The number of H-pyrrole nitrogens is 1. The number of aromatic amines is 1. The summed E-state index contributed by atoms with van der Waals surface area (Å²) in [5, 5.41) is 0.496. The molecular weight excluding hydrogens is 420 g/mol. The van der Waals surface area contributed by atoms with E-state index in [0.29, 0.717) is 34.3 Å². The molecule has 0 radical (unpaired) electrons. The van der Waals surface area contributed by atoms with Crippen LogP contribution >= 0.6 is 12.2 Å². The molecule has 2 heterocycles. The van der Waals surface area contributed by atoms with Gasteiger partial charge in [-0.2, -0.15) is 0 Å². The van der Waals surface area contributed by atoms with Gasteiger partial charge in [0.1, 0.15) is 0 Å². The minimum atomic E-state index is -0.196. The molecule has 1 N–H and O–H groups in total. The van der Waals surface area contributed by atoms with Crippen LogP contribution in [0, 0.1) is 31.0 Å². The fourth-order valence-electron chi connectivity index (χ4n) is 4.13. The summed E-state index contributed by atoms with van der Waals surface area (Å²) >= 11 is 5.53. The topological polar surface area (TPSA) is 61.3 Å². The van der Waals surface area contributed by atoms with Crippen molar-refractivity contribution in [2.45, 2.75) is 20.3 Å². The highest BCUT2D eigenvalue weighted by atomic mass is 32.1. The van der Waals surface area contributed by atoms with E-state index < -0.39 is 0 Å². The van der Waals surface area contributed by atoms with Crippen molar-refractivity contribution in [3.8, 4) is 18.0 Å². The number of aryl methyl sites for hydroxylation is 1. The highest BCUT2D eigenvalue weighted by Gasteiger charge is 2.22. The predicted molar refractivity (Wildman–Crippen MR) is 130 cm³/mol. The zero-order valence-corrected chi connectivity index (χ0v) is 19.2. The van der Waals surface area contributed by atoms with E-state index in [9.17, 15) is 9.59 Å². The quantitative estimate of drug-likeness (QED) is 0.493. The molecule has 4 rings (SSSR count). The van der Waals surface area contributed by atoms with Gasteiger partial charge in [-0.15, -0.1) is 12.3 Å². The highest BCUT2D eigenvalue weighted by Crippen LogP contribution is 2.19. The van der Waals surface area contributed by atoms with Gasteiger partial charge < -0.3 is 9.88 Å². The number of hydrogen-bond acceptors (Lipinski definition) is 4. The first-order valence-corrected chi connectivity index (χ1v) is 11.1. The van der Waals surface area contributed by atoms with E-state index in [1.165, 1.54) is 4.57 Å². The molecule has 2 aromatic carbocycles. The molecule has 0 spiro atoms. The zero-order chi connectivity index (χ0) is 22.8. The molecule has 1 aliphatic heterocycles. The maximum Gasteiger partial charge on any atom is 0.266 e. The van der Waals surface area contributed by atoms with Crippen molar-refractivity contribution >= 4 is 29.0 Å². The van der Waals surface area contributed by atoms with Crippen molar-refractivity contribution in [1.82, 2.24) is 19.4 Å². The van der Waals surface area contributed by atoms with Gasteiger partial charge >= 0.3 is 0 Å². The average Bonchev–Trinajstić information content (AvgIpc) is 2.80. The van der Waals surface area contributed by atoms with Gasteiger partial charge in [0.2, 0.25) is 0 Å². The maximum absolute atomic E-state index is 13.3. The van der Waals surface area contributed by atoms with Crippen molar-refractivity contribution < 1.29 is 4.79 Å². The van der Waals surface area contributed by atoms with Crippen LogP contribution in [0.1, 0.15) is 27.9 Å². The number of carbonyl (C=O) groups is 1. The lowest BCUT2D eigenvalue weighted by molar-refractivity contribution is 0.0640. The normalized spacial score (nSPS) is 14.5. The molecule has 164 valence electrons. The largest absolute Gasteiger partial charge is 0.336 e. The number of nitrogens with one attached hydrogen (secondary N) is 1. The molecular formula is C25H26N4O2S. The number of aromatic nitrogens is 2. The Morgan fingerprint density at radius 2 is 1.91 bits per heavy atom. The maximum atomic E-state index is 13.3. The van der Waals surface area contributed by atoms with Crippen LogP contribution in [0.3, 0.4) is 0 Å². The number of piperazine rings is 1. The lowest BCUT2D eigenvalue weighted by atomic mass is 10.1. The molecule has 0 bridgehead atoms. The highest BCUT2D eigenvalue weighted by molar-refractivity contribution is 7.71. The molecule has 0 unspecified atom stereocenters. The first-order chi connectivity index (χ1) is 15.4. The van der Waals surface area contributed by atoms with Gasteiger partial charge in [-0.25, -0.2) is 0 Å². The number of benzene rings is 2. The van der Waals surface area contributed by atoms with E-state index in [-0.39, 0.29) is 11.5 Å². The Bertz CT molecular complexity index is 1340. The molecule has 1 fully saturated rings. The van der Waals surface area contributed by atoms with Gasteiger partial charge in [-0.05, 0) is 61.5 Å². The summed E-state index contributed by atoms with van der Waals surface area (Å²) in [4.78, 5) is 33.6. The Kier molecular flexibility index (Phi) is 6.26. The smallest absolute Gasteiger partial charge is 0.266 e. The summed E-state index contributed by atoms with van der Waals surface area (Å²) in [6, 6.07) is 11.0. The van der Waals surface area contributed by atoms with Gasteiger partial charge in [0.25, 0.3) is 11.5 Å². The first-order valence-electron chi connectivity index (χ1n) is 10.7. The molecule has 0 aliphatic carbocycles. The molecule has 6 nitrogen and oxygen atoms in total. The molecule has 0 atom stereocenters.